The molecule has 0 heterocycles. The van der Waals surface area contributed by atoms with Crippen LogP contribution in [0.5, 0.6) is 0 Å². The van der Waals surface area contributed by atoms with E-state index in [1.807, 2.05) is 6.08 Å². The number of aliphatic hydroxyl groups excluding tert-OH is 2. The summed E-state index contributed by atoms with van der Waals surface area (Å²) in [5, 5.41) is 23.3. The van der Waals surface area contributed by atoms with Crippen LogP contribution in [-0.4, -0.2) is 47.4 Å². The van der Waals surface area contributed by atoms with Crippen LogP contribution >= 0.6 is 0 Å². The Morgan fingerprint density at radius 3 is 0.962 bits per heavy atom. The van der Waals surface area contributed by atoms with Crippen LogP contribution in [0.15, 0.2) is 36.5 Å². The number of unbranched alkanes of at least 4 members (excludes halogenated alkanes) is 52. The maximum absolute atomic E-state index is 12.5. The van der Waals surface area contributed by atoms with Crippen molar-refractivity contribution in [1.29, 1.82) is 0 Å². The number of allylic oxidation sites excluding steroid dienone is 5. The third-order valence-electron chi connectivity index (χ3n) is 16.7. The van der Waals surface area contributed by atoms with Crippen LogP contribution in [0, 0.1) is 0 Å². The van der Waals surface area contributed by atoms with Gasteiger partial charge in [0, 0.05) is 12.8 Å². The summed E-state index contributed by atoms with van der Waals surface area (Å²) in [4.78, 5) is 24.6. The minimum atomic E-state index is -0.850. The second-order valence-corrected chi connectivity index (χ2v) is 24.6. The Hall–Kier alpha value is -1.92. The second kappa shape index (κ2) is 68.6. The average Bonchev–Trinajstić information content (AvgIpc) is 3.45. The lowest BCUT2D eigenvalue weighted by Crippen LogP contribution is -2.45. The number of esters is 1. The number of amides is 1. The highest BCUT2D eigenvalue weighted by atomic mass is 16.5. The molecule has 3 N–H and O–H groups in total. The summed E-state index contributed by atoms with van der Waals surface area (Å²) in [5.41, 5.74) is 0. The predicted octanol–water partition coefficient (Wildman–Crippen LogP) is 23.1. The number of rotatable bonds is 67. The molecule has 0 aromatic heterocycles. The lowest BCUT2D eigenvalue weighted by atomic mass is 10.0. The average molecular weight is 1110 g/mol. The van der Waals surface area contributed by atoms with Crippen molar-refractivity contribution in [2.24, 2.45) is 0 Å². The van der Waals surface area contributed by atoms with E-state index in [1.165, 1.54) is 321 Å². The zero-order valence-corrected chi connectivity index (χ0v) is 53.4. The van der Waals surface area contributed by atoms with Gasteiger partial charge in [-0.3, -0.25) is 9.59 Å². The summed E-state index contributed by atoms with van der Waals surface area (Å²) in [5.74, 6) is -0.0589. The Morgan fingerprint density at radius 2 is 0.633 bits per heavy atom. The Balaban J connectivity index is 3.45. The van der Waals surface area contributed by atoms with E-state index in [1.54, 1.807) is 6.08 Å². The fourth-order valence-electron chi connectivity index (χ4n) is 11.2. The zero-order valence-electron chi connectivity index (χ0n) is 53.4. The highest BCUT2D eigenvalue weighted by Gasteiger charge is 2.18. The van der Waals surface area contributed by atoms with Crippen molar-refractivity contribution in [3.05, 3.63) is 36.5 Å². The minimum absolute atomic E-state index is 0.0114. The minimum Gasteiger partial charge on any atom is -0.466 e. The third kappa shape index (κ3) is 65.1. The maximum atomic E-state index is 12.5. The van der Waals surface area contributed by atoms with E-state index < -0.39 is 12.1 Å². The first-order chi connectivity index (χ1) is 39.0. The quantitative estimate of drug-likeness (QED) is 0.0320. The molecule has 0 bridgehead atoms. The first-order valence-electron chi connectivity index (χ1n) is 35.8. The highest BCUT2D eigenvalue weighted by molar-refractivity contribution is 5.76. The van der Waals surface area contributed by atoms with Crippen LogP contribution < -0.4 is 5.32 Å². The van der Waals surface area contributed by atoms with E-state index >= 15 is 0 Å². The molecular weight excluding hydrogens is 971 g/mol. The van der Waals surface area contributed by atoms with Crippen LogP contribution in [0.1, 0.15) is 393 Å². The molecular formula is C73H139NO5. The van der Waals surface area contributed by atoms with Gasteiger partial charge in [0.2, 0.25) is 5.91 Å². The monoisotopic (exact) mass is 1110 g/mol. The first-order valence-corrected chi connectivity index (χ1v) is 35.8. The molecule has 0 spiro atoms. The molecule has 2 unspecified atom stereocenters. The second-order valence-electron chi connectivity index (χ2n) is 24.6. The molecule has 0 aliphatic heterocycles. The molecule has 0 saturated carbocycles. The summed E-state index contributed by atoms with van der Waals surface area (Å²) in [6.07, 6.45) is 87.9. The summed E-state index contributed by atoms with van der Waals surface area (Å²) in [6.45, 7) is 4.94. The topological polar surface area (TPSA) is 95.9 Å². The molecule has 1 amide bonds. The van der Waals surface area contributed by atoms with Crippen molar-refractivity contribution in [3.63, 3.8) is 0 Å². The number of carbonyl (C=O) groups excluding carboxylic acids is 2. The van der Waals surface area contributed by atoms with Gasteiger partial charge in [-0.05, 0) is 64.2 Å². The SMILES string of the molecule is CCCCCCCCCCCCCCCCCCCCCCC/C=C/C(O)C(CO)NC(=O)CCCCCCCCCCC/C=C\C/C=C\CCCCCCCCCCCOC(=O)CCCCCCCCCCCCCCCC. The van der Waals surface area contributed by atoms with E-state index in [2.05, 4.69) is 43.5 Å². The van der Waals surface area contributed by atoms with Crippen molar-refractivity contribution in [3.8, 4) is 0 Å². The van der Waals surface area contributed by atoms with Crippen LogP contribution in [0.4, 0.5) is 0 Å². The Bertz CT molecular complexity index is 1280. The molecule has 2 atom stereocenters. The number of aliphatic hydroxyl groups is 2. The van der Waals surface area contributed by atoms with Gasteiger partial charge in [0.05, 0.1) is 25.4 Å². The molecule has 0 fully saturated rings. The predicted molar refractivity (Wildman–Crippen MR) is 347 cm³/mol. The van der Waals surface area contributed by atoms with Gasteiger partial charge in [0.25, 0.3) is 0 Å². The molecule has 6 heteroatoms. The van der Waals surface area contributed by atoms with Crippen LogP contribution in [0.3, 0.4) is 0 Å². The molecule has 0 radical (unpaired) electrons. The van der Waals surface area contributed by atoms with E-state index in [0.717, 1.165) is 44.9 Å². The van der Waals surface area contributed by atoms with E-state index in [4.69, 9.17) is 4.74 Å². The summed E-state index contributed by atoms with van der Waals surface area (Å²) in [7, 11) is 0. The zero-order chi connectivity index (χ0) is 57.1. The first kappa shape index (κ1) is 77.1. The fraction of sp³-hybridized carbons (Fsp3) is 0.890. The van der Waals surface area contributed by atoms with Gasteiger partial charge in [0.1, 0.15) is 0 Å². The number of hydrogen-bond acceptors (Lipinski definition) is 5. The van der Waals surface area contributed by atoms with Gasteiger partial charge in [-0.15, -0.1) is 0 Å². The van der Waals surface area contributed by atoms with Gasteiger partial charge in [-0.25, -0.2) is 0 Å². The van der Waals surface area contributed by atoms with Gasteiger partial charge >= 0.3 is 5.97 Å². The lowest BCUT2D eigenvalue weighted by molar-refractivity contribution is -0.143. The van der Waals surface area contributed by atoms with Gasteiger partial charge in [0.15, 0.2) is 0 Å². The van der Waals surface area contributed by atoms with Gasteiger partial charge < -0.3 is 20.3 Å². The van der Waals surface area contributed by atoms with Crippen molar-refractivity contribution in [2.45, 2.75) is 405 Å². The highest BCUT2D eigenvalue weighted by Crippen LogP contribution is 2.18. The van der Waals surface area contributed by atoms with E-state index in [0.29, 0.717) is 19.4 Å². The molecule has 6 nitrogen and oxygen atoms in total. The lowest BCUT2D eigenvalue weighted by Gasteiger charge is -2.20. The standard InChI is InChI=1S/C73H139NO5/c1-3-5-7-9-11-13-15-17-19-20-21-22-26-29-32-35-38-41-45-49-53-57-61-65-71(76)70(69-75)74-72(77)66-62-58-54-50-46-42-39-36-33-30-27-24-23-25-28-31-34-37-40-44-48-52-56-60-64-68-79-73(78)67-63-59-55-51-47-43-18-16-14-12-10-8-6-4-2/h24-25,27-28,61,65,70-71,75-76H,3-23,26,29-60,62-64,66-69H2,1-2H3,(H,74,77)/b27-24-,28-25-,65-61+. The fourth-order valence-corrected chi connectivity index (χ4v) is 11.2. The van der Waals surface area contributed by atoms with E-state index in [9.17, 15) is 19.8 Å². The summed E-state index contributed by atoms with van der Waals surface area (Å²) >= 11 is 0. The molecule has 0 aromatic rings. The van der Waals surface area contributed by atoms with Gasteiger partial charge in [-0.1, -0.05) is 352 Å². The molecule has 0 aliphatic rings. The Kier molecular flexibility index (Phi) is 66.9. The van der Waals surface area contributed by atoms with Crippen molar-refractivity contribution < 1.29 is 24.5 Å². The maximum Gasteiger partial charge on any atom is 0.305 e. The molecule has 0 saturated heterocycles. The Labute approximate surface area is 494 Å². The molecule has 0 rings (SSSR count). The normalized spacial score (nSPS) is 12.7. The number of hydrogen-bond donors (Lipinski definition) is 3. The van der Waals surface area contributed by atoms with Crippen molar-refractivity contribution in [1.82, 2.24) is 5.32 Å². The van der Waals surface area contributed by atoms with Gasteiger partial charge in [-0.2, -0.15) is 0 Å². The largest absolute Gasteiger partial charge is 0.466 e. The van der Waals surface area contributed by atoms with Crippen LogP contribution in [0.25, 0.3) is 0 Å². The molecule has 79 heavy (non-hydrogen) atoms. The van der Waals surface area contributed by atoms with Crippen LogP contribution in [-0.2, 0) is 14.3 Å². The van der Waals surface area contributed by atoms with Crippen LogP contribution in [0.2, 0.25) is 0 Å². The number of ether oxygens (including phenoxy) is 1. The molecule has 0 aliphatic carbocycles. The molecule has 466 valence electrons. The Morgan fingerprint density at radius 1 is 0.354 bits per heavy atom. The van der Waals surface area contributed by atoms with Crippen molar-refractivity contribution >= 4 is 11.9 Å². The summed E-state index contributed by atoms with van der Waals surface area (Å²) in [6, 6.07) is -0.634. The smallest absolute Gasteiger partial charge is 0.305 e. The molecule has 0 aromatic carbocycles. The summed E-state index contributed by atoms with van der Waals surface area (Å²) < 4.78 is 5.49. The van der Waals surface area contributed by atoms with Crippen molar-refractivity contribution in [2.75, 3.05) is 13.2 Å². The number of carbonyl (C=O) groups is 2. The number of nitrogens with one attached hydrogen (secondary N) is 1. The van der Waals surface area contributed by atoms with E-state index in [-0.39, 0.29) is 18.5 Å². The third-order valence-corrected chi connectivity index (χ3v) is 16.7.